The first-order valence-electron chi connectivity index (χ1n) is 10.5. The second-order valence-corrected chi connectivity index (χ2v) is 8.81. The Kier molecular flexibility index (Phi) is 9.90. The van der Waals surface area contributed by atoms with Gasteiger partial charge in [-0.05, 0) is 52.3 Å². The molecule has 0 fully saturated rings. The molecule has 10 heteroatoms. The topological polar surface area (TPSA) is 151 Å². The van der Waals surface area contributed by atoms with E-state index in [0.717, 1.165) is 4.90 Å². The minimum atomic E-state index is -1.39. The highest BCUT2D eigenvalue weighted by molar-refractivity contribution is 5.94. The summed E-state index contributed by atoms with van der Waals surface area (Å²) < 4.78 is 5.20. The molecule has 5 N–H and O–H groups in total. The van der Waals surface area contributed by atoms with Crippen LogP contribution in [0.15, 0.2) is 36.9 Å². The van der Waals surface area contributed by atoms with Gasteiger partial charge in [0.25, 0.3) is 0 Å². The van der Waals surface area contributed by atoms with Crippen LogP contribution in [-0.4, -0.2) is 58.1 Å². The van der Waals surface area contributed by atoms with Crippen LogP contribution in [0, 0.1) is 0 Å². The van der Waals surface area contributed by atoms with Gasteiger partial charge in [-0.15, -0.1) is 6.58 Å². The fourth-order valence-corrected chi connectivity index (χ4v) is 3.04. The zero-order valence-corrected chi connectivity index (χ0v) is 19.8. The molecule has 0 aliphatic heterocycles. The summed E-state index contributed by atoms with van der Waals surface area (Å²) >= 11 is 0. The second kappa shape index (κ2) is 11.9. The first kappa shape index (κ1) is 27.5. The molecule has 0 bridgehead atoms. The molecule has 0 heterocycles. The van der Waals surface area contributed by atoms with Gasteiger partial charge in [0.1, 0.15) is 23.4 Å². The molecule has 10 nitrogen and oxygen atoms in total. The van der Waals surface area contributed by atoms with Crippen LogP contribution in [0.2, 0.25) is 0 Å². The van der Waals surface area contributed by atoms with Gasteiger partial charge in [0, 0.05) is 12.6 Å². The Hall–Kier alpha value is -3.56. The molecule has 1 aromatic carbocycles. The van der Waals surface area contributed by atoms with Gasteiger partial charge in [-0.2, -0.15) is 0 Å². The molecule has 0 saturated carbocycles. The molecule has 2 unspecified atom stereocenters. The summed E-state index contributed by atoms with van der Waals surface area (Å²) in [4.78, 5) is 51.8. The summed E-state index contributed by atoms with van der Waals surface area (Å²) in [6.07, 6.45) is -0.0173. The Labute approximate surface area is 194 Å². The highest BCUT2D eigenvalue weighted by atomic mass is 16.6. The average molecular weight is 463 g/mol. The van der Waals surface area contributed by atoms with Crippen LogP contribution in [0.25, 0.3) is 0 Å². The number of aromatic hydroxyl groups is 1. The number of hydrogen-bond donors (Lipinski definition) is 4. The zero-order valence-electron chi connectivity index (χ0n) is 19.8. The van der Waals surface area contributed by atoms with Gasteiger partial charge >= 0.3 is 6.09 Å². The van der Waals surface area contributed by atoms with Crippen molar-refractivity contribution in [1.29, 1.82) is 0 Å². The van der Waals surface area contributed by atoms with Crippen molar-refractivity contribution in [3.05, 3.63) is 42.5 Å². The number of nitrogens with one attached hydrogen (secondary N) is 2. The standard InChI is InChI=1S/C23H34N4O6/c1-7-11-27(19(20(30)25-14(2)3)15-9-8-10-16(28)12-15)21(31)17(13-18(24)29)26-22(32)33-23(4,5)6/h7-10,12,14,17,19,28H,1,11,13H2,2-6H3,(H2,24,29)(H,25,30)(H,26,32). The molecule has 0 radical (unpaired) electrons. The Bertz CT molecular complexity index is 878. The van der Waals surface area contributed by atoms with E-state index < -0.39 is 47.9 Å². The molecule has 1 aromatic rings. The number of phenols is 1. The fraction of sp³-hybridized carbons (Fsp3) is 0.478. The highest BCUT2D eigenvalue weighted by Gasteiger charge is 2.36. The predicted molar refractivity (Wildman–Crippen MR) is 123 cm³/mol. The van der Waals surface area contributed by atoms with Crippen LogP contribution in [0.5, 0.6) is 5.75 Å². The molecule has 182 valence electrons. The molecular weight excluding hydrogens is 428 g/mol. The highest BCUT2D eigenvalue weighted by Crippen LogP contribution is 2.26. The molecule has 0 aromatic heterocycles. The van der Waals surface area contributed by atoms with Crippen molar-refractivity contribution >= 4 is 23.8 Å². The number of alkyl carbamates (subject to hydrolysis) is 1. The number of benzene rings is 1. The minimum Gasteiger partial charge on any atom is -0.508 e. The third-order valence-corrected chi connectivity index (χ3v) is 4.18. The molecular formula is C23H34N4O6. The number of carbonyl (C=O) groups excluding carboxylic acids is 4. The number of phenolic OH excluding ortho intramolecular Hbond substituents is 1. The van der Waals surface area contributed by atoms with Crippen LogP contribution >= 0.6 is 0 Å². The number of carbonyl (C=O) groups is 4. The van der Waals surface area contributed by atoms with Crippen LogP contribution in [0.3, 0.4) is 0 Å². The quantitative estimate of drug-likeness (QED) is 0.389. The summed E-state index contributed by atoms with van der Waals surface area (Å²) in [5.41, 5.74) is 4.80. The minimum absolute atomic E-state index is 0.0874. The third-order valence-electron chi connectivity index (χ3n) is 4.18. The summed E-state index contributed by atoms with van der Waals surface area (Å²) in [6, 6.07) is 3.11. The van der Waals surface area contributed by atoms with Gasteiger partial charge in [0.15, 0.2) is 0 Å². The van der Waals surface area contributed by atoms with Crippen molar-refractivity contribution in [1.82, 2.24) is 15.5 Å². The van der Waals surface area contributed by atoms with E-state index in [2.05, 4.69) is 17.2 Å². The molecule has 0 aliphatic carbocycles. The summed E-state index contributed by atoms with van der Waals surface area (Å²) in [5, 5.41) is 15.1. The second-order valence-electron chi connectivity index (χ2n) is 8.81. The Morgan fingerprint density at radius 2 is 1.85 bits per heavy atom. The van der Waals surface area contributed by atoms with E-state index in [9.17, 15) is 24.3 Å². The van der Waals surface area contributed by atoms with Gasteiger partial charge in [-0.1, -0.05) is 18.2 Å². The number of nitrogens with zero attached hydrogens (tertiary/aromatic N) is 1. The van der Waals surface area contributed by atoms with E-state index in [1.807, 2.05) is 0 Å². The third kappa shape index (κ3) is 9.22. The maximum Gasteiger partial charge on any atom is 0.408 e. The van der Waals surface area contributed by atoms with Crippen LogP contribution in [0.4, 0.5) is 4.79 Å². The molecule has 33 heavy (non-hydrogen) atoms. The lowest BCUT2D eigenvalue weighted by molar-refractivity contribution is -0.142. The number of rotatable bonds is 10. The lowest BCUT2D eigenvalue weighted by Gasteiger charge is -2.34. The largest absolute Gasteiger partial charge is 0.508 e. The summed E-state index contributed by atoms with van der Waals surface area (Å²) in [5.74, 6) is -2.18. The molecule has 0 aliphatic rings. The summed E-state index contributed by atoms with van der Waals surface area (Å²) in [6.45, 7) is 12.0. The van der Waals surface area contributed by atoms with Gasteiger partial charge < -0.3 is 31.1 Å². The molecule has 0 saturated heterocycles. The monoisotopic (exact) mass is 462 g/mol. The van der Waals surface area contributed by atoms with Crippen LogP contribution in [0.1, 0.15) is 52.6 Å². The lowest BCUT2D eigenvalue weighted by Crippen LogP contribution is -2.54. The van der Waals surface area contributed by atoms with E-state index >= 15 is 0 Å². The Balaban J connectivity index is 3.43. The van der Waals surface area contributed by atoms with Gasteiger partial charge in [0.05, 0.1) is 6.42 Å². The normalized spacial score (nSPS) is 12.9. The molecule has 1 rings (SSSR count). The van der Waals surface area contributed by atoms with E-state index in [4.69, 9.17) is 10.5 Å². The van der Waals surface area contributed by atoms with Crippen molar-refractivity contribution < 1.29 is 29.0 Å². The molecule has 4 amide bonds. The number of amides is 4. The lowest BCUT2D eigenvalue weighted by atomic mass is 10.0. The van der Waals surface area contributed by atoms with Crippen molar-refractivity contribution in [2.24, 2.45) is 5.73 Å². The SMILES string of the molecule is C=CCN(C(=O)C(CC(N)=O)NC(=O)OC(C)(C)C)C(C(=O)NC(C)C)c1cccc(O)c1. The fourth-order valence-electron chi connectivity index (χ4n) is 3.04. The van der Waals surface area contributed by atoms with Crippen molar-refractivity contribution in [3.63, 3.8) is 0 Å². The number of nitrogens with two attached hydrogens (primary N) is 1. The van der Waals surface area contributed by atoms with Crippen LogP contribution < -0.4 is 16.4 Å². The first-order chi connectivity index (χ1) is 15.2. The smallest absolute Gasteiger partial charge is 0.408 e. The maximum atomic E-state index is 13.5. The van der Waals surface area contributed by atoms with E-state index in [0.29, 0.717) is 5.56 Å². The zero-order chi connectivity index (χ0) is 25.3. The van der Waals surface area contributed by atoms with Crippen molar-refractivity contribution in [3.8, 4) is 5.75 Å². The van der Waals surface area contributed by atoms with Gasteiger partial charge in [-0.3, -0.25) is 14.4 Å². The van der Waals surface area contributed by atoms with Crippen molar-refractivity contribution in [2.45, 2.75) is 64.8 Å². The van der Waals surface area contributed by atoms with E-state index in [1.165, 1.54) is 24.3 Å². The number of primary amides is 1. The molecule has 2 atom stereocenters. The van der Waals surface area contributed by atoms with Gasteiger partial charge in [0.2, 0.25) is 17.7 Å². The number of ether oxygens (including phenoxy) is 1. The number of hydrogen-bond acceptors (Lipinski definition) is 6. The Morgan fingerprint density at radius 3 is 2.33 bits per heavy atom. The van der Waals surface area contributed by atoms with Crippen molar-refractivity contribution in [2.75, 3.05) is 6.54 Å². The van der Waals surface area contributed by atoms with E-state index in [1.54, 1.807) is 40.7 Å². The first-order valence-corrected chi connectivity index (χ1v) is 10.5. The van der Waals surface area contributed by atoms with Gasteiger partial charge in [-0.25, -0.2) is 4.79 Å². The van der Waals surface area contributed by atoms with Crippen LogP contribution in [-0.2, 0) is 19.1 Å². The average Bonchev–Trinajstić information content (AvgIpc) is 2.64. The molecule has 0 spiro atoms. The Morgan fingerprint density at radius 1 is 1.21 bits per heavy atom. The summed E-state index contributed by atoms with van der Waals surface area (Å²) in [7, 11) is 0. The predicted octanol–water partition coefficient (Wildman–Crippen LogP) is 1.74. The maximum absolute atomic E-state index is 13.5. The van der Waals surface area contributed by atoms with E-state index in [-0.39, 0.29) is 18.3 Å².